The lowest BCUT2D eigenvalue weighted by molar-refractivity contribution is 0.396. The van der Waals surface area contributed by atoms with Gasteiger partial charge in [-0.2, -0.15) is 9.90 Å². The van der Waals surface area contributed by atoms with Crippen LogP contribution in [0.15, 0.2) is 11.3 Å². The zero-order chi connectivity index (χ0) is 9.68. The average molecular weight is 215 g/mol. The molecular formula is C12H26NP. The molecular weight excluding hydrogens is 189 g/mol. The maximum atomic E-state index is 6.19. The molecule has 0 amide bonds. The number of rotatable bonds is 3. The molecule has 0 saturated heterocycles. The van der Waals surface area contributed by atoms with E-state index in [4.69, 9.17) is 5.73 Å². The third kappa shape index (κ3) is 3.61. The van der Waals surface area contributed by atoms with E-state index in [1.807, 2.05) is 0 Å². The minimum Gasteiger partial charge on any atom is -0.402 e. The van der Waals surface area contributed by atoms with Crippen LogP contribution >= 0.6 is 9.90 Å². The standard InChI is InChI=1S/C12H23N.H3P/c1-3-10(4-2)12(13)11-8-6-5-7-9-11;/h11H,3-9,13H2,1-2H3;1H3. The summed E-state index contributed by atoms with van der Waals surface area (Å²) in [4.78, 5) is 0. The van der Waals surface area contributed by atoms with E-state index in [9.17, 15) is 0 Å². The fraction of sp³-hybridized carbons (Fsp3) is 0.833. The van der Waals surface area contributed by atoms with Crippen LogP contribution in [0.1, 0.15) is 58.8 Å². The molecule has 1 unspecified atom stereocenters. The summed E-state index contributed by atoms with van der Waals surface area (Å²) < 4.78 is 0. The van der Waals surface area contributed by atoms with Gasteiger partial charge in [0.05, 0.1) is 0 Å². The van der Waals surface area contributed by atoms with Gasteiger partial charge in [0.2, 0.25) is 0 Å². The van der Waals surface area contributed by atoms with Crippen LogP contribution in [0.4, 0.5) is 0 Å². The van der Waals surface area contributed by atoms with Crippen molar-refractivity contribution in [2.45, 2.75) is 58.8 Å². The molecule has 0 aromatic carbocycles. The van der Waals surface area contributed by atoms with E-state index in [-0.39, 0.29) is 9.90 Å². The molecule has 1 aliphatic rings. The molecule has 0 aliphatic heterocycles. The summed E-state index contributed by atoms with van der Waals surface area (Å²) in [6.45, 7) is 4.43. The Balaban J connectivity index is 0.00000169. The first-order valence-corrected chi connectivity index (χ1v) is 5.77. The third-order valence-corrected chi connectivity index (χ3v) is 3.31. The predicted octanol–water partition coefficient (Wildman–Crippen LogP) is 3.66. The minimum atomic E-state index is 0. The summed E-state index contributed by atoms with van der Waals surface area (Å²) in [6, 6.07) is 0. The van der Waals surface area contributed by atoms with Crippen molar-refractivity contribution in [1.29, 1.82) is 0 Å². The van der Waals surface area contributed by atoms with Gasteiger partial charge in [0.25, 0.3) is 0 Å². The molecule has 1 atom stereocenters. The Morgan fingerprint density at radius 3 is 2.00 bits per heavy atom. The van der Waals surface area contributed by atoms with Gasteiger partial charge in [0, 0.05) is 5.70 Å². The molecule has 0 aromatic heterocycles. The van der Waals surface area contributed by atoms with Gasteiger partial charge in [-0.05, 0) is 31.6 Å². The van der Waals surface area contributed by atoms with E-state index in [0.717, 1.165) is 12.8 Å². The molecule has 0 spiro atoms. The fourth-order valence-electron chi connectivity index (χ4n) is 2.36. The van der Waals surface area contributed by atoms with Crippen molar-refractivity contribution in [2.24, 2.45) is 11.7 Å². The second-order valence-electron chi connectivity index (χ2n) is 4.10. The van der Waals surface area contributed by atoms with Crippen LogP contribution in [0.5, 0.6) is 0 Å². The minimum absolute atomic E-state index is 0. The fourth-order valence-corrected chi connectivity index (χ4v) is 2.36. The van der Waals surface area contributed by atoms with Gasteiger partial charge in [-0.1, -0.05) is 38.7 Å². The summed E-state index contributed by atoms with van der Waals surface area (Å²) in [7, 11) is 0. The first-order valence-electron chi connectivity index (χ1n) is 5.77. The van der Waals surface area contributed by atoms with Gasteiger partial charge in [0.1, 0.15) is 0 Å². The Morgan fingerprint density at radius 2 is 1.57 bits per heavy atom. The largest absolute Gasteiger partial charge is 0.402 e. The Morgan fingerprint density at radius 1 is 1.07 bits per heavy atom. The Kier molecular flexibility index (Phi) is 7.27. The van der Waals surface area contributed by atoms with Crippen molar-refractivity contribution in [1.82, 2.24) is 0 Å². The average Bonchev–Trinajstić information content (AvgIpc) is 2.21. The van der Waals surface area contributed by atoms with Crippen molar-refractivity contribution < 1.29 is 0 Å². The normalized spacial score (nSPS) is 17.3. The summed E-state index contributed by atoms with van der Waals surface area (Å²) in [6.07, 6.45) is 9.11. The summed E-state index contributed by atoms with van der Waals surface area (Å²) in [5.41, 5.74) is 8.91. The van der Waals surface area contributed by atoms with E-state index in [1.165, 1.54) is 43.4 Å². The summed E-state index contributed by atoms with van der Waals surface area (Å²) in [5, 5.41) is 0. The second kappa shape index (κ2) is 7.29. The number of allylic oxidation sites excluding steroid dienone is 2. The highest BCUT2D eigenvalue weighted by atomic mass is 31.0. The van der Waals surface area contributed by atoms with Gasteiger partial charge in [-0.15, -0.1) is 0 Å². The highest BCUT2D eigenvalue weighted by Crippen LogP contribution is 2.30. The van der Waals surface area contributed by atoms with Crippen molar-refractivity contribution in [3.05, 3.63) is 11.3 Å². The molecule has 0 heterocycles. The van der Waals surface area contributed by atoms with Gasteiger partial charge < -0.3 is 5.73 Å². The maximum absolute atomic E-state index is 6.19. The maximum Gasteiger partial charge on any atom is 0.0104 e. The Bertz CT molecular complexity index is 175. The van der Waals surface area contributed by atoms with Crippen LogP contribution in [0.3, 0.4) is 0 Å². The Labute approximate surface area is 92.1 Å². The molecule has 0 radical (unpaired) electrons. The highest BCUT2D eigenvalue weighted by molar-refractivity contribution is 6.92. The van der Waals surface area contributed by atoms with Crippen LogP contribution < -0.4 is 5.73 Å². The van der Waals surface area contributed by atoms with Crippen LogP contribution in [0.25, 0.3) is 0 Å². The number of hydrogen-bond acceptors (Lipinski definition) is 1. The molecule has 1 fully saturated rings. The first kappa shape index (κ1) is 14.0. The number of nitrogens with two attached hydrogens (primary N) is 1. The van der Waals surface area contributed by atoms with Crippen molar-refractivity contribution >= 4 is 9.90 Å². The van der Waals surface area contributed by atoms with E-state index in [2.05, 4.69) is 13.8 Å². The van der Waals surface area contributed by atoms with Crippen LogP contribution in [-0.2, 0) is 0 Å². The van der Waals surface area contributed by atoms with Gasteiger partial charge in [-0.3, -0.25) is 0 Å². The summed E-state index contributed by atoms with van der Waals surface area (Å²) >= 11 is 0. The second-order valence-corrected chi connectivity index (χ2v) is 4.10. The van der Waals surface area contributed by atoms with Gasteiger partial charge >= 0.3 is 0 Å². The molecule has 0 aromatic rings. The van der Waals surface area contributed by atoms with Crippen LogP contribution in [0, 0.1) is 5.92 Å². The monoisotopic (exact) mass is 215 g/mol. The molecule has 14 heavy (non-hydrogen) atoms. The molecule has 1 saturated carbocycles. The quantitative estimate of drug-likeness (QED) is 0.714. The molecule has 84 valence electrons. The summed E-state index contributed by atoms with van der Waals surface area (Å²) in [5.74, 6) is 0.712. The van der Waals surface area contributed by atoms with Crippen LogP contribution in [0.2, 0.25) is 0 Å². The van der Waals surface area contributed by atoms with Crippen LogP contribution in [-0.4, -0.2) is 0 Å². The number of hydrogen-bond donors (Lipinski definition) is 1. The van der Waals surface area contributed by atoms with Gasteiger partial charge in [0.15, 0.2) is 0 Å². The molecule has 1 rings (SSSR count). The topological polar surface area (TPSA) is 26.0 Å². The van der Waals surface area contributed by atoms with E-state index >= 15 is 0 Å². The van der Waals surface area contributed by atoms with E-state index in [0.29, 0.717) is 5.92 Å². The van der Waals surface area contributed by atoms with E-state index in [1.54, 1.807) is 0 Å². The zero-order valence-corrected chi connectivity index (χ0v) is 11.2. The molecule has 2 heteroatoms. The lowest BCUT2D eigenvalue weighted by Crippen LogP contribution is -2.17. The smallest absolute Gasteiger partial charge is 0.0104 e. The van der Waals surface area contributed by atoms with Crippen molar-refractivity contribution in [3.8, 4) is 0 Å². The molecule has 2 N–H and O–H groups in total. The lowest BCUT2D eigenvalue weighted by atomic mass is 9.84. The van der Waals surface area contributed by atoms with Crippen molar-refractivity contribution in [2.75, 3.05) is 0 Å². The first-order chi connectivity index (χ1) is 6.29. The highest BCUT2D eigenvalue weighted by Gasteiger charge is 2.17. The molecule has 0 bridgehead atoms. The lowest BCUT2D eigenvalue weighted by Gasteiger charge is -2.24. The Hall–Kier alpha value is -0.0300. The van der Waals surface area contributed by atoms with E-state index < -0.39 is 0 Å². The molecule has 1 aliphatic carbocycles. The molecule has 1 nitrogen and oxygen atoms in total. The van der Waals surface area contributed by atoms with Crippen molar-refractivity contribution in [3.63, 3.8) is 0 Å². The van der Waals surface area contributed by atoms with Gasteiger partial charge in [-0.25, -0.2) is 0 Å². The predicted molar refractivity (Wildman–Crippen MR) is 69.5 cm³/mol. The third-order valence-electron chi connectivity index (χ3n) is 3.31. The zero-order valence-electron chi connectivity index (χ0n) is 9.81. The SMILES string of the molecule is CCC(CC)=C(N)C1CCCCC1.P.